The summed E-state index contributed by atoms with van der Waals surface area (Å²) in [6.07, 6.45) is 0.461. The molecule has 0 aromatic heterocycles. The van der Waals surface area contributed by atoms with E-state index in [1.807, 2.05) is 31.2 Å². The summed E-state index contributed by atoms with van der Waals surface area (Å²) in [4.78, 5) is 16.5. The van der Waals surface area contributed by atoms with Crippen molar-refractivity contribution in [3.8, 4) is 0 Å². The van der Waals surface area contributed by atoms with E-state index in [9.17, 15) is 9.90 Å². The van der Waals surface area contributed by atoms with Gasteiger partial charge in [0.1, 0.15) is 0 Å². The van der Waals surface area contributed by atoms with Crippen LogP contribution >= 0.6 is 0 Å². The Labute approximate surface area is 127 Å². The van der Waals surface area contributed by atoms with Crippen LogP contribution in [0.3, 0.4) is 0 Å². The number of rotatable bonds is 4. The van der Waals surface area contributed by atoms with Crippen LogP contribution in [0.15, 0.2) is 24.3 Å². The molecule has 0 spiro atoms. The van der Waals surface area contributed by atoms with Crippen molar-refractivity contribution in [2.24, 2.45) is 5.92 Å². The first-order chi connectivity index (χ1) is 10.1. The molecule has 4 nitrogen and oxygen atoms in total. The number of hydrogen-bond donors (Lipinski definition) is 1. The van der Waals surface area contributed by atoms with E-state index < -0.39 is 6.10 Å². The maximum Gasteiger partial charge on any atom is 0.253 e. The molecule has 1 N–H and O–H groups in total. The largest absolute Gasteiger partial charge is 0.391 e. The fraction of sp³-hybridized carbons (Fsp3) is 0.588. The molecule has 0 bridgehead atoms. The summed E-state index contributed by atoms with van der Waals surface area (Å²) in [7, 11) is 0. The molecule has 2 rings (SSSR count). The standard InChI is InChI=1S/C17H26N2O2/c1-4-18(5-2)15-8-6-14(7-9-15)17(21)19-11-10-13(3)16(20)12-19/h6-9,13,16,20H,4-5,10-12H2,1-3H3. The second kappa shape index (κ2) is 6.94. The van der Waals surface area contributed by atoms with Gasteiger partial charge in [-0.3, -0.25) is 4.79 Å². The van der Waals surface area contributed by atoms with Crippen LogP contribution in [0.25, 0.3) is 0 Å². The lowest BCUT2D eigenvalue weighted by Crippen LogP contribution is -2.45. The van der Waals surface area contributed by atoms with Crippen LogP contribution in [-0.2, 0) is 0 Å². The number of aliphatic hydroxyl groups excluding tert-OH is 1. The van der Waals surface area contributed by atoms with E-state index in [0.717, 1.165) is 31.7 Å². The zero-order valence-corrected chi connectivity index (χ0v) is 13.2. The molecule has 0 saturated carbocycles. The fourth-order valence-electron chi connectivity index (χ4n) is 2.82. The number of amides is 1. The zero-order valence-electron chi connectivity index (χ0n) is 13.2. The van der Waals surface area contributed by atoms with Crippen molar-refractivity contribution in [2.75, 3.05) is 31.1 Å². The maximum atomic E-state index is 12.5. The number of aliphatic hydroxyl groups is 1. The second-order valence-electron chi connectivity index (χ2n) is 5.80. The van der Waals surface area contributed by atoms with Gasteiger partial charge in [-0.2, -0.15) is 0 Å². The number of anilines is 1. The minimum atomic E-state index is -0.405. The summed E-state index contributed by atoms with van der Waals surface area (Å²) >= 11 is 0. The summed E-state index contributed by atoms with van der Waals surface area (Å²) in [5, 5.41) is 9.92. The lowest BCUT2D eigenvalue weighted by Gasteiger charge is -2.34. The third kappa shape index (κ3) is 3.56. The first-order valence-corrected chi connectivity index (χ1v) is 7.89. The van der Waals surface area contributed by atoms with E-state index in [4.69, 9.17) is 0 Å². The van der Waals surface area contributed by atoms with E-state index in [1.54, 1.807) is 4.90 Å². The Morgan fingerprint density at radius 3 is 2.43 bits per heavy atom. The van der Waals surface area contributed by atoms with Crippen molar-refractivity contribution in [3.05, 3.63) is 29.8 Å². The molecule has 4 heteroatoms. The van der Waals surface area contributed by atoms with Gasteiger partial charge in [0.05, 0.1) is 6.10 Å². The van der Waals surface area contributed by atoms with Crippen molar-refractivity contribution in [2.45, 2.75) is 33.3 Å². The molecule has 0 radical (unpaired) electrons. The van der Waals surface area contributed by atoms with E-state index in [2.05, 4.69) is 18.7 Å². The average Bonchev–Trinajstić information content (AvgIpc) is 2.51. The summed E-state index contributed by atoms with van der Waals surface area (Å²) in [6.45, 7) is 9.37. The Balaban J connectivity index is 2.06. The number of β-amino-alcohol motifs (C(OH)–C–C–N with tert-alkyl or cyclic N) is 1. The maximum absolute atomic E-state index is 12.5. The summed E-state index contributed by atoms with van der Waals surface area (Å²) in [6, 6.07) is 7.78. The van der Waals surface area contributed by atoms with Crippen LogP contribution in [0.2, 0.25) is 0 Å². The number of carbonyl (C=O) groups is 1. The molecule has 2 atom stereocenters. The lowest BCUT2D eigenvalue weighted by atomic mass is 9.95. The topological polar surface area (TPSA) is 43.8 Å². The molecule has 1 saturated heterocycles. The SMILES string of the molecule is CCN(CC)c1ccc(C(=O)N2CCC(C)C(O)C2)cc1. The third-order valence-corrected chi connectivity index (χ3v) is 4.45. The number of carbonyl (C=O) groups excluding carboxylic acids is 1. The van der Waals surface area contributed by atoms with Gasteiger partial charge in [0, 0.05) is 37.4 Å². The van der Waals surface area contributed by atoms with Crippen LogP contribution in [-0.4, -0.2) is 48.2 Å². The summed E-state index contributed by atoms with van der Waals surface area (Å²) in [5.41, 5.74) is 1.84. The Kier molecular flexibility index (Phi) is 5.23. The van der Waals surface area contributed by atoms with Crippen LogP contribution in [0, 0.1) is 5.92 Å². The molecule has 1 aliphatic heterocycles. The van der Waals surface area contributed by atoms with Crippen molar-refractivity contribution in [3.63, 3.8) is 0 Å². The number of likely N-dealkylation sites (tertiary alicyclic amines) is 1. The van der Waals surface area contributed by atoms with E-state index in [-0.39, 0.29) is 11.8 Å². The highest BCUT2D eigenvalue weighted by Crippen LogP contribution is 2.20. The minimum Gasteiger partial charge on any atom is -0.391 e. The highest BCUT2D eigenvalue weighted by Gasteiger charge is 2.27. The van der Waals surface area contributed by atoms with E-state index in [0.29, 0.717) is 12.1 Å². The predicted molar refractivity (Wildman–Crippen MR) is 85.7 cm³/mol. The molecule has 1 heterocycles. The Morgan fingerprint density at radius 1 is 1.29 bits per heavy atom. The van der Waals surface area contributed by atoms with Crippen LogP contribution in [0.5, 0.6) is 0 Å². The van der Waals surface area contributed by atoms with Crippen LogP contribution < -0.4 is 4.90 Å². The Morgan fingerprint density at radius 2 is 1.90 bits per heavy atom. The molecule has 1 fully saturated rings. The number of benzene rings is 1. The minimum absolute atomic E-state index is 0.0204. The zero-order chi connectivity index (χ0) is 15.4. The van der Waals surface area contributed by atoms with E-state index in [1.165, 1.54) is 0 Å². The molecule has 2 unspecified atom stereocenters. The molecule has 0 aliphatic carbocycles. The van der Waals surface area contributed by atoms with E-state index >= 15 is 0 Å². The van der Waals surface area contributed by atoms with Gasteiger partial charge in [0.15, 0.2) is 0 Å². The van der Waals surface area contributed by atoms with Gasteiger partial charge in [-0.05, 0) is 50.5 Å². The van der Waals surface area contributed by atoms with Crippen molar-refractivity contribution in [1.29, 1.82) is 0 Å². The summed E-state index contributed by atoms with van der Waals surface area (Å²) < 4.78 is 0. The lowest BCUT2D eigenvalue weighted by molar-refractivity contribution is 0.0248. The number of nitrogens with zero attached hydrogens (tertiary/aromatic N) is 2. The summed E-state index contributed by atoms with van der Waals surface area (Å²) in [5.74, 6) is 0.297. The van der Waals surface area contributed by atoms with Crippen molar-refractivity contribution in [1.82, 2.24) is 4.90 Å². The average molecular weight is 290 g/mol. The predicted octanol–water partition coefficient (Wildman–Crippen LogP) is 2.38. The molecular weight excluding hydrogens is 264 g/mol. The van der Waals surface area contributed by atoms with Gasteiger partial charge in [-0.25, -0.2) is 0 Å². The van der Waals surface area contributed by atoms with Gasteiger partial charge < -0.3 is 14.9 Å². The van der Waals surface area contributed by atoms with Gasteiger partial charge in [-0.15, -0.1) is 0 Å². The number of piperidine rings is 1. The smallest absolute Gasteiger partial charge is 0.253 e. The van der Waals surface area contributed by atoms with Crippen molar-refractivity contribution < 1.29 is 9.90 Å². The highest BCUT2D eigenvalue weighted by atomic mass is 16.3. The molecule has 1 aromatic carbocycles. The fourth-order valence-corrected chi connectivity index (χ4v) is 2.82. The molecule has 116 valence electrons. The van der Waals surface area contributed by atoms with Crippen LogP contribution in [0.4, 0.5) is 5.69 Å². The first kappa shape index (κ1) is 15.8. The van der Waals surface area contributed by atoms with Gasteiger partial charge in [0.2, 0.25) is 0 Å². The van der Waals surface area contributed by atoms with Gasteiger partial charge in [-0.1, -0.05) is 6.92 Å². The highest BCUT2D eigenvalue weighted by molar-refractivity contribution is 5.94. The van der Waals surface area contributed by atoms with Crippen molar-refractivity contribution >= 4 is 11.6 Å². The monoisotopic (exact) mass is 290 g/mol. The molecule has 21 heavy (non-hydrogen) atoms. The third-order valence-electron chi connectivity index (χ3n) is 4.45. The van der Waals surface area contributed by atoms with Gasteiger partial charge in [0.25, 0.3) is 5.91 Å². The Bertz CT molecular complexity index is 468. The molecule has 1 amide bonds. The van der Waals surface area contributed by atoms with Gasteiger partial charge >= 0.3 is 0 Å². The normalized spacial score (nSPS) is 22.2. The molecular formula is C17H26N2O2. The number of hydrogen-bond acceptors (Lipinski definition) is 3. The molecule has 1 aliphatic rings. The quantitative estimate of drug-likeness (QED) is 0.926. The first-order valence-electron chi connectivity index (χ1n) is 7.89. The second-order valence-corrected chi connectivity index (χ2v) is 5.80. The Hall–Kier alpha value is -1.55. The van der Waals surface area contributed by atoms with Crippen LogP contribution in [0.1, 0.15) is 37.6 Å². The molecule has 1 aromatic rings.